The second-order valence-corrected chi connectivity index (χ2v) is 5.99. The van der Waals surface area contributed by atoms with Gasteiger partial charge < -0.3 is 19.3 Å². The average molecular weight is 294 g/mol. The number of aliphatic hydroxyl groups is 1. The van der Waals surface area contributed by atoms with E-state index in [0.717, 1.165) is 24.8 Å². The van der Waals surface area contributed by atoms with Gasteiger partial charge in [0.1, 0.15) is 6.10 Å². The van der Waals surface area contributed by atoms with Gasteiger partial charge in [-0.1, -0.05) is 25.8 Å². The number of hydrogen-bond acceptors (Lipinski definition) is 4. The average Bonchev–Trinajstić information content (AvgIpc) is 2.53. The third kappa shape index (κ3) is 3.16. The van der Waals surface area contributed by atoms with E-state index in [0.29, 0.717) is 17.4 Å². The van der Waals surface area contributed by atoms with Gasteiger partial charge in [0.05, 0.1) is 19.8 Å². The molecule has 1 N–H and O–H groups in total. The molecule has 118 valence electrons. The molecule has 0 aliphatic heterocycles. The second-order valence-electron chi connectivity index (χ2n) is 5.99. The molecule has 2 rings (SSSR count). The van der Waals surface area contributed by atoms with Crippen LogP contribution in [-0.2, 0) is 4.74 Å². The van der Waals surface area contributed by atoms with Crippen LogP contribution in [0.15, 0.2) is 18.2 Å². The van der Waals surface area contributed by atoms with Crippen LogP contribution in [0, 0.1) is 5.92 Å². The molecule has 1 aromatic rings. The topological polar surface area (TPSA) is 47.9 Å². The highest BCUT2D eigenvalue weighted by molar-refractivity contribution is 5.44. The molecule has 0 spiro atoms. The quantitative estimate of drug-likeness (QED) is 0.905. The molecule has 4 heteroatoms. The van der Waals surface area contributed by atoms with Gasteiger partial charge in [0.2, 0.25) is 0 Å². The summed E-state index contributed by atoms with van der Waals surface area (Å²) in [5.74, 6) is 1.86. The summed E-state index contributed by atoms with van der Waals surface area (Å²) in [4.78, 5) is 0. The standard InChI is InChI=1S/C17H26O4/c1-12-6-5-9-17(11-12,21-4)16(18)13-7-8-14(19-2)15(10-13)20-3/h7-8,10,12,16,18H,5-6,9,11H2,1-4H3. The first-order valence-corrected chi connectivity index (χ1v) is 7.51. The molecule has 1 aliphatic carbocycles. The lowest BCUT2D eigenvalue weighted by Crippen LogP contribution is -2.42. The Morgan fingerprint density at radius 3 is 2.48 bits per heavy atom. The summed E-state index contributed by atoms with van der Waals surface area (Å²) in [5, 5.41) is 10.9. The number of methoxy groups -OCH3 is 3. The Hall–Kier alpha value is -1.26. The van der Waals surface area contributed by atoms with Gasteiger partial charge in [-0.15, -0.1) is 0 Å². The van der Waals surface area contributed by atoms with Crippen LogP contribution < -0.4 is 9.47 Å². The van der Waals surface area contributed by atoms with Crippen molar-refractivity contribution in [3.63, 3.8) is 0 Å². The van der Waals surface area contributed by atoms with E-state index < -0.39 is 11.7 Å². The largest absolute Gasteiger partial charge is 0.493 e. The second kappa shape index (κ2) is 6.67. The maximum atomic E-state index is 10.9. The van der Waals surface area contributed by atoms with Gasteiger partial charge >= 0.3 is 0 Å². The van der Waals surface area contributed by atoms with Crippen molar-refractivity contribution in [3.05, 3.63) is 23.8 Å². The molecule has 1 aliphatic rings. The van der Waals surface area contributed by atoms with Crippen molar-refractivity contribution < 1.29 is 19.3 Å². The van der Waals surface area contributed by atoms with Crippen LogP contribution in [-0.4, -0.2) is 32.0 Å². The molecule has 4 nitrogen and oxygen atoms in total. The molecule has 0 heterocycles. The Bertz CT molecular complexity index is 474. The number of ether oxygens (including phenoxy) is 3. The van der Waals surface area contributed by atoms with Gasteiger partial charge in [-0.3, -0.25) is 0 Å². The third-order valence-electron chi connectivity index (χ3n) is 4.62. The van der Waals surface area contributed by atoms with Crippen molar-refractivity contribution in [1.82, 2.24) is 0 Å². The molecular formula is C17H26O4. The van der Waals surface area contributed by atoms with E-state index in [9.17, 15) is 5.11 Å². The minimum absolute atomic E-state index is 0.503. The molecule has 3 unspecified atom stereocenters. The fourth-order valence-electron chi connectivity index (χ4n) is 3.42. The maximum Gasteiger partial charge on any atom is 0.161 e. The lowest BCUT2D eigenvalue weighted by molar-refractivity contribution is -0.134. The van der Waals surface area contributed by atoms with E-state index in [4.69, 9.17) is 14.2 Å². The van der Waals surface area contributed by atoms with E-state index in [1.54, 1.807) is 21.3 Å². The van der Waals surface area contributed by atoms with Gasteiger partial charge in [-0.25, -0.2) is 0 Å². The molecule has 1 fully saturated rings. The first kappa shape index (κ1) is 16.1. The zero-order valence-electron chi connectivity index (χ0n) is 13.4. The molecular weight excluding hydrogens is 268 g/mol. The van der Waals surface area contributed by atoms with Crippen LogP contribution in [0.2, 0.25) is 0 Å². The zero-order chi connectivity index (χ0) is 15.5. The minimum atomic E-state index is -0.662. The first-order chi connectivity index (χ1) is 10.1. The van der Waals surface area contributed by atoms with Crippen LogP contribution in [0.3, 0.4) is 0 Å². The van der Waals surface area contributed by atoms with Crippen LogP contribution in [0.4, 0.5) is 0 Å². The van der Waals surface area contributed by atoms with Crippen molar-refractivity contribution in [2.24, 2.45) is 5.92 Å². The van der Waals surface area contributed by atoms with Crippen LogP contribution in [0.25, 0.3) is 0 Å². The minimum Gasteiger partial charge on any atom is -0.493 e. The Balaban J connectivity index is 2.31. The molecule has 3 atom stereocenters. The molecule has 0 radical (unpaired) electrons. The van der Waals surface area contributed by atoms with E-state index in [-0.39, 0.29) is 0 Å². The van der Waals surface area contributed by atoms with E-state index in [1.165, 1.54) is 6.42 Å². The molecule has 21 heavy (non-hydrogen) atoms. The predicted octanol–water partition coefficient (Wildman–Crippen LogP) is 3.33. The summed E-state index contributed by atoms with van der Waals surface area (Å²) >= 11 is 0. The van der Waals surface area contributed by atoms with Crippen LogP contribution in [0.1, 0.15) is 44.3 Å². The molecule has 1 aromatic carbocycles. The fraction of sp³-hybridized carbons (Fsp3) is 0.647. The smallest absolute Gasteiger partial charge is 0.161 e. The predicted molar refractivity (Wildman–Crippen MR) is 81.9 cm³/mol. The SMILES string of the molecule is COc1ccc(C(O)C2(OC)CCCC(C)C2)cc1OC. The van der Waals surface area contributed by atoms with E-state index in [2.05, 4.69) is 6.92 Å². The molecule has 0 bridgehead atoms. The Kier molecular flexibility index (Phi) is 5.12. The van der Waals surface area contributed by atoms with Gasteiger partial charge in [0.25, 0.3) is 0 Å². The summed E-state index contributed by atoms with van der Waals surface area (Å²) in [6, 6.07) is 5.54. The van der Waals surface area contributed by atoms with E-state index in [1.807, 2.05) is 18.2 Å². The zero-order valence-corrected chi connectivity index (χ0v) is 13.4. The summed E-state index contributed by atoms with van der Waals surface area (Å²) in [6.45, 7) is 2.22. The third-order valence-corrected chi connectivity index (χ3v) is 4.62. The number of rotatable bonds is 5. The highest BCUT2D eigenvalue weighted by Crippen LogP contribution is 2.44. The van der Waals surface area contributed by atoms with Crippen molar-refractivity contribution in [2.75, 3.05) is 21.3 Å². The number of benzene rings is 1. The van der Waals surface area contributed by atoms with Gasteiger partial charge in [0.15, 0.2) is 11.5 Å². The summed E-state index contributed by atoms with van der Waals surface area (Å²) < 4.78 is 16.3. The van der Waals surface area contributed by atoms with Crippen LogP contribution >= 0.6 is 0 Å². The fourth-order valence-corrected chi connectivity index (χ4v) is 3.42. The Labute approximate surface area is 127 Å². The molecule has 1 saturated carbocycles. The van der Waals surface area contributed by atoms with Crippen LogP contribution in [0.5, 0.6) is 11.5 Å². The summed E-state index contributed by atoms with van der Waals surface area (Å²) in [5.41, 5.74) is 0.306. The van der Waals surface area contributed by atoms with Crippen molar-refractivity contribution in [1.29, 1.82) is 0 Å². The van der Waals surface area contributed by atoms with Crippen molar-refractivity contribution >= 4 is 0 Å². The number of hydrogen-bond donors (Lipinski definition) is 1. The summed E-state index contributed by atoms with van der Waals surface area (Å²) in [7, 11) is 4.90. The van der Waals surface area contributed by atoms with Gasteiger partial charge in [-0.2, -0.15) is 0 Å². The highest BCUT2D eigenvalue weighted by Gasteiger charge is 2.42. The molecule has 0 amide bonds. The summed E-state index contributed by atoms with van der Waals surface area (Å²) in [6.07, 6.45) is 3.37. The lowest BCUT2D eigenvalue weighted by Gasteiger charge is -2.42. The molecule has 0 aromatic heterocycles. The Morgan fingerprint density at radius 2 is 1.90 bits per heavy atom. The Morgan fingerprint density at radius 1 is 1.19 bits per heavy atom. The monoisotopic (exact) mass is 294 g/mol. The van der Waals surface area contributed by atoms with Crippen molar-refractivity contribution in [2.45, 2.75) is 44.3 Å². The van der Waals surface area contributed by atoms with Gasteiger partial charge in [-0.05, 0) is 36.5 Å². The maximum absolute atomic E-state index is 10.9. The lowest BCUT2D eigenvalue weighted by atomic mass is 9.74. The number of aliphatic hydroxyl groups excluding tert-OH is 1. The highest BCUT2D eigenvalue weighted by atomic mass is 16.5. The first-order valence-electron chi connectivity index (χ1n) is 7.51. The molecule has 0 saturated heterocycles. The van der Waals surface area contributed by atoms with Crippen molar-refractivity contribution in [3.8, 4) is 11.5 Å². The van der Waals surface area contributed by atoms with E-state index >= 15 is 0 Å². The van der Waals surface area contributed by atoms with Gasteiger partial charge in [0, 0.05) is 7.11 Å². The normalized spacial score (nSPS) is 27.2.